The van der Waals surface area contributed by atoms with Crippen LogP contribution in [-0.2, 0) is 32.7 Å². The van der Waals surface area contributed by atoms with Crippen molar-refractivity contribution in [2.75, 3.05) is 26.4 Å². The van der Waals surface area contributed by atoms with Crippen molar-refractivity contribution in [1.29, 1.82) is 0 Å². The number of ether oxygens (including phenoxy) is 2. The molecule has 0 rings (SSSR count). The number of hydrogen-bond acceptors (Lipinski definition) is 8. The van der Waals surface area contributed by atoms with Crippen LogP contribution in [0.3, 0.4) is 0 Å². The summed E-state index contributed by atoms with van der Waals surface area (Å²) in [6, 6.07) is 0. The van der Waals surface area contributed by atoms with Crippen molar-refractivity contribution in [2.45, 2.75) is 424 Å². The molecule has 0 aromatic heterocycles. The van der Waals surface area contributed by atoms with E-state index in [1.165, 1.54) is 353 Å². The molecular formula is C74H146NO8P. The van der Waals surface area contributed by atoms with E-state index in [1.54, 1.807) is 0 Å². The van der Waals surface area contributed by atoms with Crippen LogP contribution in [0.1, 0.15) is 418 Å². The van der Waals surface area contributed by atoms with Crippen LogP contribution in [-0.4, -0.2) is 49.3 Å². The van der Waals surface area contributed by atoms with Crippen LogP contribution in [0.25, 0.3) is 0 Å². The van der Waals surface area contributed by atoms with Gasteiger partial charge in [0.25, 0.3) is 0 Å². The molecule has 500 valence electrons. The minimum absolute atomic E-state index is 0.0579. The molecule has 9 nitrogen and oxygen atoms in total. The summed E-state index contributed by atoms with van der Waals surface area (Å²) in [4.78, 5) is 35.4. The maximum Gasteiger partial charge on any atom is 0.472 e. The Morgan fingerprint density at radius 3 is 0.845 bits per heavy atom. The lowest BCUT2D eigenvalue weighted by Gasteiger charge is -2.19. The van der Waals surface area contributed by atoms with E-state index in [9.17, 15) is 19.0 Å². The highest BCUT2D eigenvalue weighted by Crippen LogP contribution is 2.43. The number of carbonyl (C=O) groups is 2. The third kappa shape index (κ3) is 69.8. The van der Waals surface area contributed by atoms with Gasteiger partial charge in [-0.1, -0.05) is 379 Å². The molecule has 10 heteroatoms. The van der Waals surface area contributed by atoms with Gasteiger partial charge in [0.2, 0.25) is 0 Å². The summed E-state index contributed by atoms with van der Waals surface area (Å²) in [7, 11) is -4.39. The molecule has 0 radical (unpaired) electrons. The van der Waals surface area contributed by atoms with Crippen LogP contribution in [0.4, 0.5) is 0 Å². The fraction of sp³-hybridized carbons (Fsp3) is 0.946. The van der Waals surface area contributed by atoms with Crippen molar-refractivity contribution in [3.8, 4) is 0 Å². The minimum Gasteiger partial charge on any atom is -0.462 e. The highest BCUT2D eigenvalue weighted by Gasteiger charge is 2.26. The number of phosphoric ester groups is 1. The maximum atomic E-state index is 12.8. The number of esters is 2. The first-order valence-electron chi connectivity index (χ1n) is 37.7. The summed E-state index contributed by atoms with van der Waals surface area (Å²) in [5, 5.41) is 0. The van der Waals surface area contributed by atoms with Gasteiger partial charge in [0.15, 0.2) is 6.10 Å². The molecule has 84 heavy (non-hydrogen) atoms. The smallest absolute Gasteiger partial charge is 0.462 e. The number of carbonyl (C=O) groups excluding carboxylic acids is 2. The molecule has 0 saturated carbocycles. The Hall–Kier alpha value is -1.25. The highest BCUT2D eigenvalue weighted by molar-refractivity contribution is 7.47. The molecular weight excluding hydrogens is 1060 g/mol. The Bertz CT molecular complexity index is 1380. The number of rotatable bonds is 73. The lowest BCUT2D eigenvalue weighted by atomic mass is 10.0. The standard InChI is InChI=1S/C74H146NO8P/c1-3-5-7-9-11-13-15-17-19-21-23-25-27-29-31-33-35-37-38-40-42-44-46-48-50-52-54-56-58-60-62-64-66-73(76)80-70-72(71-82-84(78,79)81-69-68-75)83-74(77)67-65-63-61-59-57-55-53-51-49-47-45-43-41-39-36-34-32-30-28-26-24-22-20-18-16-14-12-10-8-6-4-2/h22,24,72H,3-21,23,25-71,75H2,1-2H3,(H,78,79)/b24-22-. The van der Waals surface area contributed by atoms with E-state index in [0.29, 0.717) is 6.42 Å². The molecule has 0 fully saturated rings. The van der Waals surface area contributed by atoms with Crippen molar-refractivity contribution in [1.82, 2.24) is 0 Å². The zero-order valence-electron chi connectivity index (χ0n) is 56.4. The second kappa shape index (κ2) is 70.8. The molecule has 0 aliphatic carbocycles. The summed E-state index contributed by atoms with van der Waals surface area (Å²) in [6.45, 7) is 3.84. The predicted molar refractivity (Wildman–Crippen MR) is 363 cm³/mol. The molecule has 2 unspecified atom stereocenters. The van der Waals surface area contributed by atoms with Crippen molar-refractivity contribution in [2.24, 2.45) is 5.73 Å². The second-order valence-corrected chi connectivity index (χ2v) is 27.3. The molecule has 0 amide bonds. The zero-order chi connectivity index (χ0) is 60.9. The van der Waals surface area contributed by atoms with E-state index in [2.05, 4.69) is 26.0 Å². The Morgan fingerprint density at radius 1 is 0.345 bits per heavy atom. The topological polar surface area (TPSA) is 134 Å². The average Bonchev–Trinajstić information content (AvgIpc) is 3.58. The van der Waals surface area contributed by atoms with Crippen molar-refractivity contribution < 1.29 is 37.6 Å². The van der Waals surface area contributed by atoms with Gasteiger partial charge in [-0.05, 0) is 38.5 Å². The van der Waals surface area contributed by atoms with Crippen LogP contribution < -0.4 is 5.73 Å². The van der Waals surface area contributed by atoms with Crippen molar-refractivity contribution >= 4 is 19.8 Å². The molecule has 0 aromatic carbocycles. The van der Waals surface area contributed by atoms with Crippen molar-refractivity contribution in [3.63, 3.8) is 0 Å². The normalized spacial score (nSPS) is 12.9. The molecule has 0 saturated heterocycles. The number of hydrogen-bond donors (Lipinski definition) is 2. The fourth-order valence-electron chi connectivity index (χ4n) is 11.8. The first-order chi connectivity index (χ1) is 41.3. The Labute approximate surface area is 523 Å². The van der Waals surface area contributed by atoms with E-state index < -0.39 is 26.5 Å². The number of nitrogens with two attached hydrogens (primary N) is 1. The summed E-state index contributed by atoms with van der Waals surface area (Å²) in [5.41, 5.74) is 5.41. The van der Waals surface area contributed by atoms with Gasteiger partial charge in [-0.3, -0.25) is 18.6 Å². The van der Waals surface area contributed by atoms with Gasteiger partial charge in [0.1, 0.15) is 6.61 Å². The number of phosphoric acid groups is 1. The molecule has 2 atom stereocenters. The zero-order valence-corrected chi connectivity index (χ0v) is 57.3. The number of unbranched alkanes of at least 4 members (excludes halogenated alkanes) is 58. The van der Waals surface area contributed by atoms with E-state index >= 15 is 0 Å². The SMILES string of the molecule is CCCCCCCCCC/C=C\CCCCCCCCCCCCCCCCCCCCCC(=O)OC(COC(=O)CCCCCCCCCCCCCCCCCCCCCCCCCCCCCCCCCC)COP(=O)(O)OCCN. The van der Waals surface area contributed by atoms with Crippen LogP contribution >= 0.6 is 7.82 Å². The Morgan fingerprint density at radius 2 is 0.583 bits per heavy atom. The van der Waals surface area contributed by atoms with Crippen LogP contribution in [0.2, 0.25) is 0 Å². The van der Waals surface area contributed by atoms with E-state index in [0.717, 1.165) is 32.1 Å². The number of allylic oxidation sites excluding steroid dienone is 2. The highest BCUT2D eigenvalue weighted by atomic mass is 31.2. The van der Waals surface area contributed by atoms with E-state index in [1.807, 2.05) is 0 Å². The fourth-order valence-corrected chi connectivity index (χ4v) is 12.6. The third-order valence-electron chi connectivity index (χ3n) is 17.4. The van der Waals surface area contributed by atoms with Crippen LogP contribution in [0, 0.1) is 0 Å². The molecule has 0 heterocycles. The van der Waals surface area contributed by atoms with Crippen molar-refractivity contribution in [3.05, 3.63) is 12.2 Å². The predicted octanol–water partition coefficient (Wildman–Crippen LogP) is 24.7. The molecule has 0 bridgehead atoms. The second-order valence-electron chi connectivity index (χ2n) is 25.9. The summed E-state index contributed by atoms with van der Waals surface area (Å²) in [6.07, 6.45) is 86.3. The molecule has 3 N–H and O–H groups in total. The van der Waals surface area contributed by atoms with Gasteiger partial charge in [-0.2, -0.15) is 0 Å². The minimum atomic E-state index is -4.39. The van der Waals surface area contributed by atoms with Gasteiger partial charge in [0.05, 0.1) is 13.2 Å². The Kier molecular flexibility index (Phi) is 69.8. The summed E-state index contributed by atoms with van der Waals surface area (Å²) >= 11 is 0. The third-order valence-corrected chi connectivity index (χ3v) is 18.4. The Balaban J connectivity index is 3.77. The molecule has 0 spiro atoms. The van der Waals surface area contributed by atoms with Crippen LogP contribution in [0.5, 0.6) is 0 Å². The van der Waals surface area contributed by atoms with Gasteiger partial charge >= 0.3 is 19.8 Å². The molecule has 0 aromatic rings. The summed E-state index contributed by atoms with van der Waals surface area (Å²) in [5.74, 6) is -0.798. The summed E-state index contributed by atoms with van der Waals surface area (Å²) < 4.78 is 33.2. The lowest BCUT2D eigenvalue weighted by Crippen LogP contribution is -2.29. The molecule has 0 aliphatic heterocycles. The van der Waals surface area contributed by atoms with Gasteiger partial charge in [0, 0.05) is 19.4 Å². The van der Waals surface area contributed by atoms with Gasteiger partial charge < -0.3 is 20.1 Å². The monoisotopic (exact) mass is 1210 g/mol. The average molecular weight is 1210 g/mol. The lowest BCUT2D eigenvalue weighted by molar-refractivity contribution is -0.161. The largest absolute Gasteiger partial charge is 0.472 e. The van der Waals surface area contributed by atoms with Gasteiger partial charge in [-0.25, -0.2) is 4.57 Å². The first kappa shape index (κ1) is 82.8. The van der Waals surface area contributed by atoms with E-state index in [-0.39, 0.29) is 38.6 Å². The first-order valence-corrected chi connectivity index (χ1v) is 39.2. The van der Waals surface area contributed by atoms with Crippen LogP contribution in [0.15, 0.2) is 12.2 Å². The van der Waals surface area contributed by atoms with Gasteiger partial charge in [-0.15, -0.1) is 0 Å². The quantitative estimate of drug-likeness (QED) is 0.0264. The maximum absolute atomic E-state index is 12.8. The van der Waals surface area contributed by atoms with E-state index in [4.69, 9.17) is 24.3 Å². The molecule has 0 aliphatic rings.